The standard InChI is InChI=1S/C24H30N2O4/c1-19-6-3-4-7-22(19)30-17-5-8-23(27)25-13-15-26(16-14-25)24(28)18-20-9-11-21(29-2)12-10-20/h3-4,6-7,9-12H,5,8,13-18H2,1-2H3. The summed E-state index contributed by atoms with van der Waals surface area (Å²) in [5, 5.41) is 0. The van der Waals surface area contributed by atoms with Crippen LogP contribution in [0.2, 0.25) is 0 Å². The minimum Gasteiger partial charge on any atom is -0.497 e. The molecule has 1 heterocycles. The number of carbonyl (C=O) groups is 2. The summed E-state index contributed by atoms with van der Waals surface area (Å²) in [6.45, 7) is 4.88. The predicted molar refractivity (Wildman–Crippen MR) is 116 cm³/mol. The van der Waals surface area contributed by atoms with Gasteiger partial charge in [-0.25, -0.2) is 0 Å². The lowest BCUT2D eigenvalue weighted by Crippen LogP contribution is -2.51. The largest absolute Gasteiger partial charge is 0.497 e. The molecule has 160 valence electrons. The summed E-state index contributed by atoms with van der Waals surface area (Å²) >= 11 is 0. The van der Waals surface area contributed by atoms with E-state index in [4.69, 9.17) is 9.47 Å². The maximum Gasteiger partial charge on any atom is 0.227 e. The number of piperazine rings is 1. The molecule has 1 aliphatic heterocycles. The topological polar surface area (TPSA) is 59.1 Å². The number of hydrogen-bond donors (Lipinski definition) is 0. The Balaban J connectivity index is 1.36. The van der Waals surface area contributed by atoms with Crippen LogP contribution in [-0.4, -0.2) is 61.5 Å². The van der Waals surface area contributed by atoms with Crippen molar-refractivity contribution in [2.45, 2.75) is 26.2 Å². The van der Waals surface area contributed by atoms with Crippen LogP contribution in [0.15, 0.2) is 48.5 Å². The van der Waals surface area contributed by atoms with Crippen molar-refractivity contribution in [1.82, 2.24) is 9.80 Å². The molecule has 2 aromatic carbocycles. The number of rotatable bonds is 8. The molecule has 2 aromatic rings. The van der Waals surface area contributed by atoms with Crippen molar-refractivity contribution >= 4 is 11.8 Å². The van der Waals surface area contributed by atoms with E-state index < -0.39 is 0 Å². The summed E-state index contributed by atoms with van der Waals surface area (Å²) < 4.78 is 10.9. The fourth-order valence-electron chi connectivity index (χ4n) is 3.52. The molecule has 0 saturated carbocycles. The van der Waals surface area contributed by atoms with Crippen molar-refractivity contribution in [3.63, 3.8) is 0 Å². The third-order valence-electron chi connectivity index (χ3n) is 5.39. The van der Waals surface area contributed by atoms with Gasteiger partial charge in [-0.1, -0.05) is 30.3 Å². The first-order valence-corrected chi connectivity index (χ1v) is 10.4. The number of amides is 2. The molecule has 0 unspecified atom stereocenters. The third-order valence-corrected chi connectivity index (χ3v) is 5.39. The Morgan fingerprint density at radius 1 is 0.900 bits per heavy atom. The van der Waals surface area contributed by atoms with Crippen molar-refractivity contribution in [1.29, 1.82) is 0 Å². The van der Waals surface area contributed by atoms with Gasteiger partial charge < -0.3 is 19.3 Å². The van der Waals surface area contributed by atoms with E-state index in [1.54, 1.807) is 7.11 Å². The van der Waals surface area contributed by atoms with Gasteiger partial charge in [-0.05, 0) is 42.7 Å². The van der Waals surface area contributed by atoms with E-state index in [0.717, 1.165) is 22.6 Å². The number of ether oxygens (including phenoxy) is 2. The molecule has 0 aromatic heterocycles. The molecule has 1 fully saturated rings. The van der Waals surface area contributed by atoms with Gasteiger partial charge in [0.2, 0.25) is 11.8 Å². The number of methoxy groups -OCH3 is 1. The Hall–Kier alpha value is -3.02. The minimum atomic E-state index is 0.0962. The molecule has 2 amide bonds. The van der Waals surface area contributed by atoms with Crippen LogP contribution in [0.5, 0.6) is 11.5 Å². The van der Waals surface area contributed by atoms with Gasteiger partial charge in [0.1, 0.15) is 11.5 Å². The highest BCUT2D eigenvalue weighted by Gasteiger charge is 2.23. The third kappa shape index (κ3) is 5.99. The highest BCUT2D eigenvalue weighted by molar-refractivity contribution is 5.80. The molecule has 0 radical (unpaired) electrons. The lowest BCUT2D eigenvalue weighted by Gasteiger charge is -2.35. The second kappa shape index (κ2) is 10.7. The zero-order valence-corrected chi connectivity index (χ0v) is 17.8. The monoisotopic (exact) mass is 410 g/mol. The molecule has 1 aliphatic rings. The van der Waals surface area contributed by atoms with Gasteiger partial charge in [0, 0.05) is 32.6 Å². The Morgan fingerprint density at radius 2 is 1.53 bits per heavy atom. The smallest absolute Gasteiger partial charge is 0.227 e. The van der Waals surface area contributed by atoms with E-state index in [1.165, 1.54) is 0 Å². The number of para-hydroxylation sites is 1. The van der Waals surface area contributed by atoms with Gasteiger partial charge in [-0.3, -0.25) is 9.59 Å². The van der Waals surface area contributed by atoms with Crippen LogP contribution in [-0.2, 0) is 16.0 Å². The molecule has 3 rings (SSSR count). The molecule has 0 atom stereocenters. The Morgan fingerprint density at radius 3 is 2.17 bits per heavy atom. The van der Waals surface area contributed by atoms with Crippen LogP contribution in [0.25, 0.3) is 0 Å². The molecule has 0 spiro atoms. The maximum atomic E-state index is 12.5. The lowest BCUT2D eigenvalue weighted by atomic mass is 10.1. The molecule has 6 heteroatoms. The van der Waals surface area contributed by atoms with Gasteiger partial charge in [0.15, 0.2) is 0 Å². The van der Waals surface area contributed by atoms with Gasteiger partial charge >= 0.3 is 0 Å². The summed E-state index contributed by atoms with van der Waals surface area (Å²) in [6.07, 6.45) is 1.52. The highest BCUT2D eigenvalue weighted by atomic mass is 16.5. The molecular weight excluding hydrogens is 380 g/mol. The van der Waals surface area contributed by atoms with Crippen molar-refractivity contribution in [3.8, 4) is 11.5 Å². The predicted octanol–water partition coefficient (Wildman–Crippen LogP) is 3.08. The van der Waals surface area contributed by atoms with Gasteiger partial charge in [-0.2, -0.15) is 0 Å². The van der Waals surface area contributed by atoms with Crippen LogP contribution in [0.3, 0.4) is 0 Å². The maximum absolute atomic E-state index is 12.5. The van der Waals surface area contributed by atoms with Crippen molar-refractivity contribution in [2.75, 3.05) is 39.9 Å². The van der Waals surface area contributed by atoms with E-state index in [-0.39, 0.29) is 11.8 Å². The van der Waals surface area contributed by atoms with Crippen LogP contribution in [0, 0.1) is 6.92 Å². The molecule has 0 N–H and O–H groups in total. The van der Waals surface area contributed by atoms with Crippen molar-refractivity contribution < 1.29 is 19.1 Å². The summed E-state index contributed by atoms with van der Waals surface area (Å²) in [5.41, 5.74) is 2.06. The quantitative estimate of drug-likeness (QED) is 0.628. The van der Waals surface area contributed by atoms with E-state index in [9.17, 15) is 9.59 Å². The van der Waals surface area contributed by atoms with E-state index in [1.807, 2.05) is 65.3 Å². The fraction of sp³-hybridized carbons (Fsp3) is 0.417. The average Bonchev–Trinajstić information content (AvgIpc) is 2.78. The SMILES string of the molecule is COc1ccc(CC(=O)N2CCN(C(=O)CCCOc3ccccc3C)CC2)cc1. The summed E-state index contributed by atoms with van der Waals surface area (Å²) in [6, 6.07) is 15.4. The molecule has 0 aliphatic carbocycles. The van der Waals surface area contributed by atoms with E-state index >= 15 is 0 Å². The van der Waals surface area contributed by atoms with E-state index in [2.05, 4.69) is 0 Å². The molecule has 1 saturated heterocycles. The number of aryl methyl sites for hydroxylation is 1. The minimum absolute atomic E-state index is 0.0962. The zero-order chi connectivity index (χ0) is 21.3. The van der Waals surface area contributed by atoms with Crippen LogP contribution in [0.1, 0.15) is 24.0 Å². The first-order chi connectivity index (χ1) is 14.6. The van der Waals surface area contributed by atoms with Gasteiger partial charge in [0.25, 0.3) is 0 Å². The first-order valence-electron chi connectivity index (χ1n) is 10.4. The summed E-state index contributed by atoms with van der Waals surface area (Å²) in [5.74, 6) is 1.88. The van der Waals surface area contributed by atoms with Gasteiger partial charge in [0.05, 0.1) is 20.1 Å². The second-order valence-corrected chi connectivity index (χ2v) is 7.50. The summed E-state index contributed by atoms with van der Waals surface area (Å²) in [4.78, 5) is 28.7. The van der Waals surface area contributed by atoms with E-state index in [0.29, 0.717) is 52.0 Å². The lowest BCUT2D eigenvalue weighted by molar-refractivity contribution is -0.139. The Kier molecular flexibility index (Phi) is 7.71. The highest BCUT2D eigenvalue weighted by Crippen LogP contribution is 2.17. The Labute approximate surface area is 178 Å². The molecule has 30 heavy (non-hydrogen) atoms. The molecule has 0 bridgehead atoms. The molecule has 6 nitrogen and oxygen atoms in total. The normalized spacial score (nSPS) is 13.8. The van der Waals surface area contributed by atoms with Crippen molar-refractivity contribution in [2.24, 2.45) is 0 Å². The number of benzene rings is 2. The molecular formula is C24H30N2O4. The zero-order valence-electron chi connectivity index (χ0n) is 17.8. The van der Waals surface area contributed by atoms with Crippen LogP contribution in [0.4, 0.5) is 0 Å². The van der Waals surface area contributed by atoms with Gasteiger partial charge in [-0.15, -0.1) is 0 Å². The van der Waals surface area contributed by atoms with Crippen LogP contribution >= 0.6 is 0 Å². The summed E-state index contributed by atoms with van der Waals surface area (Å²) in [7, 11) is 1.62. The second-order valence-electron chi connectivity index (χ2n) is 7.50. The number of hydrogen-bond acceptors (Lipinski definition) is 4. The number of nitrogens with zero attached hydrogens (tertiary/aromatic N) is 2. The van der Waals surface area contributed by atoms with Crippen LogP contribution < -0.4 is 9.47 Å². The fourth-order valence-corrected chi connectivity index (χ4v) is 3.52. The Bertz CT molecular complexity index is 843. The number of carbonyl (C=O) groups excluding carboxylic acids is 2. The first kappa shape index (κ1) is 21.7. The average molecular weight is 411 g/mol. The van der Waals surface area contributed by atoms with Crippen molar-refractivity contribution in [3.05, 3.63) is 59.7 Å².